The summed E-state index contributed by atoms with van der Waals surface area (Å²) in [7, 11) is 0. The molecule has 22 heavy (non-hydrogen) atoms. The number of amides is 3. The van der Waals surface area contributed by atoms with Crippen LogP contribution in [0.1, 0.15) is 44.1 Å². The Labute approximate surface area is 135 Å². The normalized spacial score (nSPS) is 15.7. The van der Waals surface area contributed by atoms with Gasteiger partial charge in [-0.3, -0.25) is 4.79 Å². The monoisotopic (exact) mass is 323 g/mol. The molecule has 1 aromatic rings. The molecule has 3 amide bonds. The molecule has 3 N–H and O–H groups in total. The molecule has 0 aliphatic heterocycles. The highest BCUT2D eigenvalue weighted by Gasteiger charge is 2.24. The van der Waals surface area contributed by atoms with Crippen molar-refractivity contribution >= 4 is 23.3 Å². The molecule has 1 heterocycles. The summed E-state index contributed by atoms with van der Waals surface area (Å²) in [6.07, 6.45) is 3.97. The Morgan fingerprint density at radius 2 is 2.05 bits per heavy atom. The summed E-state index contributed by atoms with van der Waals surface area (Å²) in [5.41, 5.74) is 1.25. The molecule has 1 aliphatic carbocycles. The number of thiophene rings is 1. The van der Waals surface area contributed by atoms with Gasteiger partial charge in [-0.2, -0.15) is 11.3 Å². The Balaban J connectivity index is 1.48. The van der Waals surface area contributed by atoms with E-state index < -0.39 is 0 Å². The zero-order valence-electron chi connectivity index (χ0n) is 13.1. The molecule has 0 aromatic carbocycles. The van der Waals surface area contributed by atoms with E-state index in [1.165, 1.54) is 12.0 Å². The summed E-state index contributed by atoms with van der Waals surface area (Å²) in [6.45, 7) is 3.92. The molecule has 1 saturated carbocycles. The van der Waals surface area contributed by atoms with E-state index in [1.54, 1.807) is 11.3 Å². The summed E-state index contributed by atoms with van der Waals surface area (Å²) in [4.78, 5) is 23.3. The molecule has 1 fully saturated rings. The van der Waals surface area contributed by atoms with Crippen LogP contribution in [0.3, 0.4) is 0 Å². The summed E-state index contributed by atoms with van der Waals surface area (Å²) >= 11 is 1.67. The molecule has 6 heteroatoms. The molecule has 0 spiro atoms. The third-order valence-corrected chi connectivity index (χ3v) is 4.80. The molecule has 0 saturated heterocycles. The van der Waals surface area contributed by atoms with E-state index in [0.29, 0.717) is 25.6 Å². The van der Waals surface area contributed by atoms with Crippen molar-refractivity contribution in [2.24, 2.45) is 5.92 Å². The minimum Gasteiger partial charge on any atom is -0.356 e. The average Bonchev–Trinajstić information content (AvgIpc) is 2.96. The fourth-order valence-electron chi connectivity index (χ4n) is 2.30. The fourth-order valence-corrected chi connectivity index (χ4v) is 3.08. The van der Waals surface area contributed by atoms with E-state index in [4.69, 9.17) is 0 Å². The lowest BCUT2D eigenvalue weighted by molar-refractivity contribution is -0.127. The molecule has 5 nitrogen and oxygen atoms in total. The van der Waals surface area contributed by atoms with Gasteiger partial charge in [0, 0.05) is 25.6 Å². The van der Waals surface area contributed by atoms with E-state index in [9.17, 15) is 9.59 Å². The van der Waals surface area contributed by atoms with Crippen LogP contribution in [0.15, 0.2) is 16.8 Å². The molecule has 122 valence electrons. The summed E-state index contributed by atoms with van der Waals surface area (Å²) < 4.78 is 0. The van der Waals surface area contributed by atoms with E-state index in [-0.39, 0.29) is 17.9 Å². The van der Waals surface area contributed by atoms with Crippen LogP contribution in [-0.2, 0) is 4.79 Å². The smallest absolute Gasteiger partial charge is 0.314 e. The van der Waals surface area contributed by atoms with Crippen molar-refractivity contribution < 1.29 is 9.59 Å². The number of nitrogens with one attached hydrogen (secondary N) is 3. The van der Waals surface area contributed by atoms with Gasteiger partial charge in [0.25, 0.3) is 0 Å². The van der Waals surface area contributed by atoms with E-state index >= 15 is 0 Å². The zero-order chi connectivity index (χ0) is 15.8. The third-order valence-electron chi connectivity index (χ3n) is 4.10. The number of rotatable bonds is 8. The van der Waals surface area contributed by atoms with Gasteiger partial charge in [-0.05, 0) is 47.6 Å². The fraction of sp³-hybridized carbons (Fsp3) is 0.625. The lowest BCUT2D eigenvalue weighted by Crippen LogP contribution is -2.39. The highest BCUT2D eigenvalue weighted by Crippen LogP contribution is 2.26. The Morgan fingerprint density at radius 1 is 1.27 bits per heavy atom. The molecule has 0 radical (unpaired) electrons. The van der Waals surface area contributed by atoms with Crippen LogP contribution in [0.25, 0.3) is 0 Å². The average molecular weight is 323 g/mol. The number of hydrogen-bond acceptors (Lipinski definition) is 3. The minimum atomic E-state index is -0.146. The molecular formula is C16H25N3O2S. The standard InChI is InChI=1S/C16H25N3O2S/c1-12(14-6-9-22-11-14)10-19-16(21)18-8-3-7-17-15(20)13-4-2-5-13/h6,9,11-13H,2-5,7-8,10H2,1H3,(H,17,20)(H2,18,19,21)/t12-/m0/s1. The maximum atomic E-state index is 11.7. The van der Waals surface area contributed by atoms with Gasteiger partial charge in [0.15, 0.2) is 0 Å². The molecule has 2 rings (SSSR count). The highest BCUT2D eigenvalue weighted by molar-refractivity contribution is 7.07. The first-order chi connectivity index (χ1) is 10.7. The highest BCUT2D eigenvalue weighted by atomic mass is 32.1. The summed E-state index contributed by atoms with van der Waals surface area (Å²) in [5, 5.41) is 12.8. The van der Waals surface area contributed by atoms with Crippen molar-refractivity contribution in [2.45, 2.75) is 38.5 Å². The maximum Gasteiger partial charge on any atom is 0.314 e. The Bertz CT molecular complexity index is 472. The van der Waals surface area contributed by atoms with Gasteiger partial charge in [-0.15, -0.1) is 0 Å². The van der Waals surface area contributed by atoms with Crippen molar-refractivity contribution in [3.63, 3.8) is 0 Å². The second-order valence-corrected chi connectivity index (χ2v) is 6.65. The lowest BCUT2D eigenvalue weighted by atomic mass is 9.85. The van der Waals surface area contributed by atoms with Crippen molar-refractivity contribution in [3.05, 3.63) is 22.4 Å². The van der Waals surface area contributed by atoms with Gasteiger partial charge in [-0.25, -0.2) is 4.79 Å². The topological polar surface area (TPSA) is 70.2 Å². The van der Waals surface area contributed by atoms with Gasteiger partial charge < -0.3 is 16.0 Å². The van der Waals surface area contributed by atoms with Crippen LogP contribution < -0.4 is 16.0 Å². The van der Waals surface area contributed by atoms with Gasteiger partial charge in [0.05, 0.1) is 0 Å². The number of carbonyl (C=O) groups excluding carboxylic acids is 2. The molecule has 0 unspecified atom stereocenters. The predicted molar refractivity (Wildman–Crippen MR) is 89.1 cm³/mol. The van der Waals surface area contributed by atoms with Crippen LogP contribution in [0.5, 0.6) is 0 Å². The molecular weight excluding hydrogens is 298 g/mol. The van der Waals surface area contributed by atoms with Gasteiger partial charge in [0.2, 0.25) is 5.91 Å². The van der Waals surface area contributed by atoms with Gasteiger partial charge in [-0.1, -0.05) is 13.3 Å². The predicted octanol–water partition coefficient (Wildman–Crippen LogP) is 2.46. The van der Waals surface area contributed by atoms with Gasteiger partial charge in [0.1, 0.15) is 0 Å². The molecule has 1 atom stereocenters. The Morgan fingerprint density at radius 3 is 2.68 bits per heavy atom. The number of hydrogen-bond donors (Lipinski definition) is 3. The zero-order valence-corrected chi connectivity index (χ0v) is 13.9. The first kappa shape index (κ1) is 16.8. The van der Waals surface area contributed by atoms with Crippen LogP contribution in [0.4, 0.5) is 4.79 Å². The van der Waals surface area contributed by atoms with Crippen molar-refractivity contribution in [1.82, 2.24) is 16.0 Å². The summed E-state index contributed by atoms with van der Waals surface area (Å²) in [5.74, 6) is 0.717. The largest absolute Gasteiger partial charge is 0.356 e. The Hall–Kier alpha value is -1.56. The molecule has 1 aliphatic rings. The maximum absolute atomic E-state index is 11.7. The summed E-state index contributed by atoms with van der Waals surface area (Å²) in [6, 6.07) is 1.94. The second-order valence-electron chi connectivity index (χ2n) is 5.87. The van der Waals surface area contributed by atoms with Crippen LogP contribution in [-0.4, -0.2) is 31.6 Å². The third kappa shape index (κ3) is 5.33. The van der Waals surface area contributed by atoms with E-state index in [1.807, 2.05) is 5.38 Å². The van der Waals surface area contributed by atoms with Crippen molar-refractivity contribution in [2.75, 3.05) is 19.6 Å². The second kappa shape index (κ2) is 8.78. The minimum absolute atomic E-state index is 0.146. The quantitative estimate of drug-likeness (QED) is 0.643. The van der Waals surface area contributed by atoms with Crippen LogP contribution in [0, 0.1) is 5.92 Å². The first-order valence-electron chi connectivity index (χ1n) is 7.98. The first-order valence-corrected chi connectivity index (χ1v) is 8.92. The Kier molecular flexibility index (Phi) is 6.71. The lowest BCUT2D eigenvalue weighted by Gasteiger charge is -2.24. The van der Waals surface area contributed by atoms with Gasteiger partial charge >= 0.3 is 6.03 Å². The van der Waals surface area contributed by atoms with Crippen molar-refractivity contribution in [3.8, 4) is 0 Å². The number of urea groups is 1. The van der Waals surface area contributed by atoms with E-state index in [0.717, 1.165) is 19.3 Å². The molecule has 0 bridgehead atoms. The SMILES string of the molecule is C[C@@H](CNC(=O)NCCCNC(=O)C1CCC1)c1ccsc1. The van der Waals surface area contributed by atoms with Crippen LogP contribution in [0.2, 0.25) is 0 Å². The van der Waals surface area contributed by atoms with Crippen molar-refractivity contribution in [1.29, 1.82) is 0 Å². The number of carbonyl (C=O) groups is 2. The van der Waals surface area contributed by atoms with Crippen LogP contribution >= 0.6 is 11.3 Å². The van der Waals surface area contributed by atoms with E-state index in [2.05, 4.69) is 34.3 Å². The molecule has 1 aromatic heterocycles.